The molecule has 1 saturated carbocycles. The first-order valence-electron chi connectivity index (χ1n) is 8.97. The van der Waals surface area contributed by atoms with Crippen LogP contribution in [-0.4, -0.2) is 34.9 Å². The van der Waals surface area contributed by atoms with Gasteiger partial charge in [0.05, 0.1) is 6.54 Å². The van der Waals surface area contributed by atoms with Gasteiger partial charge in [0.15, 0.2) is 0 Å². The summed E-state index contributed by atoms with van der Waals surface area (Å²) in [6, 6.07) is 1.99. The first-order valence-corrected chi connectivity index (χ1v) is 8.97. The Labute approximate surface area is 155 Å². The summed E-state index contributed by atoms with van der Waals surface area (Å²) in [5, 5.41) is 6.21. The molecular weight excluding hydrogens is 358 g/mol. The molecule has 9 heteroatoms. The van der Waals surface area contributed by atoms with Crippen molar-refractivity contribution < 1.29 is 23.2 Å². The van der Waals surface area contributed by atoms with Crippen LogP contribution in [0.2, 0.25) is 0 Å². The molecule has 27 heavy (non-hydrogen) atoms. The Bertz CT molecular complexity index is 765. The van der Waals surface area contributed by atoms with Gasteiger partial charge in [0, 0.05) is 17.7 Å². The van der Waals surface area contributed by atoms with Crippen LogP contribution in [0.3, 0.4) is 0 Å². The third kappa shape index (κ3) is 3.92. The minimum Gasteiger partial charge on any atom is -0.322 e. The number of carbonyl (C=O) groups is 3. The molecule has 4 amide bonds. The maximum Gasteiger partial charge on any atom is 0.344 e. The summed E-state index contributed by atoms with van der Waals surface area (Å²) in [5.41, 5.74) is 1.59. The second kappa shape index (κ2) is 7.59. The lowest BCUT2D eigenvalue weighted by Gasteiger charge is -2.30. The summed E-state index contributed by atoms with van der Waals surface area (Å²) < 4.78 is 26.7. The number of carbonyl (C=O) groups excluding carboxylic acids is 3. The Morgan fingerprint density at radius 1 is 1.26 bits per heavy atom. The van der Waals surface area contributed by atoms with Crippen molar-refractivity contribution in [3.63, 3.8) is 0 Å². The third-order valence-electron chi connectivity index (χ3n) is 5.10. The summed E-state index contributed by atoms with van der Waals surface area (Å²) in [5.74, 6) is -2.46. The number of amides is 4. The molecule has 7 nitrogen and oxygen atoms in total. The number of nitrogens with one attached hydrogen (secondary N) is 3. The van der Waals surface area contributed by atoms with Gasteiger partial charge in [-0.1, -0.05) is 25.3 Å². The van der Waals surface area contributed by atoms with Gasteiger partial charge in [0.1, 0.15) is 17.2 Å². The Kier molecular flexibility index (Phi) is 5.41. The van der Waals surface area contributed by atoms with Crippen LogP contribution >= 0.6 is 0 Å². The minimum atomic E-state index is -0.916. The summed E-state index contributed by atoms with van der Waals surface area (Å²) in [6.45, 7) is 1.37. The highest BCUT2D eigenvalue weighted by molar-refractivity contribution is 6.08. The van der Waals surface area contributed by atoms with E-state index in [1.807, 2.05) is 0 Å². The molecule has 1 aliphatic heterocycles. The van der Waals surface area contributed by atoms with Crippen LogP contribution in [0.15, 0.2) is 18.2 Å². The number of rotatable bonds is 5. The molecule has 0 aromatic heterocycles. The molecule has 1 aromatic carbocycles. The number of nitrogens with zero attached hydrogens (tertiary/aromatic N) is 1. The van der Waals surface area contributed by atoms with Crippen molar-refractivity contribution in [2.75, 3.05) is 6.54 Å². The SMILES string of the molecule is C[C@@H](NCC(=O)NN1C(=O)NC2(CCCCC2)C1=O)c1ccc(F)cc1F. The first kappa shape index (κ1) is 19.2. The number of urea groups is 1. The molecule has 1 atom stereocenters. The maximum atomic E-state index is 13.8. The topological polar surface area (TPSA) is 90.5 Å². The van der Waals surface area contributed by atoms with Crippen molar-refractivity contribution in [2.45, 2.75) is 50.6 Å². The molecular formula is C18H22F2N4O3. The van der Waals surface area contributed by atoms with E-state index in [1.165, 1.54) is 6.07 Å². The van der Waals surface area contributed by atoms with E-state index in [-0.39, 0.29) is 12.1 Å². The van der Waals surface area contributed by atoms with E-state index < -0.39 is 41.1 Å². The van der Waals surface area contributed by atoms with Gasteiger partial charge in [-0.2, -0.15) is 5.01 Å². The average Bonchev–Trinajstić information content (AvgIpc) is 2.84. The van der Waals surface area contributed by atoms with Crippen LogP contribution in [-0.2, 0) is 9.59 Å². The van der Waals surface area contributed by atoms with E-state index in [0.29, 0.717) is 12.8 Å². The molecule has 0 unspecified atom stereocenters. The predicted molar refractivity (Wildman–Crippen MR) is 92.1 cm³/mol. The smallest absolute Gasteiger partial charge is 0.322 e. The molecule has 3 N–H and O–H groups in total. The van der Waals surface area contributed by atoms with Crippen molar-refractivity contribution in [3.05, 3.63) is 35.4 Å². The molecule has 1 saturated heterocycles. The molecule has 2 fully saturated rings. The normalized spacial score (nSPS) is 19.9. The highest BCUT2D eigenvalue weighted by Crippen LogP contribution is 2.32. The van der Waals surface area contributed by atoms with Gasteiger partial charge in [0.25, 0.3) is 11.8 Å². The minimum absolute atomic E-state index is 0.209. The van der Waals surface area contributed by atoms with E-state index in [1.54, 1.807) is 6.92 Å². The molecule has 0 bridgehead atoms. The number of hydrazine groups is 1. The number of hydrogen-bond donors (Lipinski definition) is 3. The Morgan fingerprint density at radius 2 is 1.96 bits per heavy atom. The zero-order valence-electron chi connectivity index (χ0n) is 15.0. The van der Waals surface area contributed by atoms with Gasteiger partial charge in [-0.25, -0.2) is 13.6 Å². The lowest BCUT2D eigenvalue weighted by Crippen LogP contribution is -2.52. The lowest BCUT2D eigenvalue weighted by atomic mass is 9.82. The Hall–Kier alpha value is -2.55. The van der Waals surface area contributed by atoms with Crippen LogP contribution < -0.4 is 16.1 Å². The zero-order chi connectivity index (χ0) is 19.6. The fourth-order valence-corrected chi connectivity index (χ4v) is 3.59. The van der Waals surface area contributed by atoms with Crippen molar-refractivity contribution in [2.24, 2.45) is 0 Å². The van der Waals surface area contributed by atoms with Crippen LogP contribution in [0.5, 0.6) is 0 Å². The van der Waals surface area contributed by atoms with E-state index in [2.05, 4.69) is 16.1 Å². The molecule has 0 radical (unpaired) electrons. The van der Waals surface area contributed by atoms with Gasteiger partial charge in [-0.15, -0.1) is 0 Å². The lowest BCUT2D eigenvalue weighted by molar-refractivity contribution is -0.139. The number of benzene rings is 1. The fraction of sp³-hybridized carbons (Fsp3) is 0.500. The fourth-order valence-electron chi connectivity index (χ4n) is 3.59. The zero-order valence-corrected chi connectivity index (χ0v) is 15.0. The van der Waals surface area contributed by atoms with E-state index in [9.17, 15) is 23.2 Å². The molecule has 1 aliphatic carbocycles. The first-order chi connectivity index (χ1) is 12.8. The van der Waals surface area contributed by atoms with Crippen molar-refractivity contribution in [3.8, 4) is 0 Å². The quantitative estimate of drug-likeness (QED) is 0.681. The average molecular weight is 380 g/mol. The second-order valence-electron chi connectivity index (χ2n) is 7.02. The van der Waals surface area contributed by atoms with Gasteiger partial charge >= 0.3 is 6.03 Å². The third-order valence-corrected chi connectivity index (χ3v) is 5.10. The van der Waals surface area contributed by atoms with Crippen molar-refractivity contribution >= 4 is 17.8 Å². The maximum absolute atomic E-state index is 13.8. The van der Waals surface area contributed by atoms with Crippen molar-refractivity contribution in [1.29, 1.82) is 0 Å². The van der Waals surface area contributed by atoms with E-state index >= 15 is 0 Å². The van der Waals surface area contributed by atoms with Gasteiger partial charge in [-0.05, 0) is 25.8 Å². The number of imide groups is 1. The number of hydrogen-bond acceptors (Lipinski definition) is 4. The largest absolute Gasteiger partial charge is 0.344 e. The van der Waals surface area contributed by atoms with Gasteiger partial charge < -0.3 is 10.6 Å². The Balaban J connectivity index is 1.56. The van der Waals surface area contributed by atoms with Crippen LogP contribution in [0.4, 0.5) is 13.6 Å². The molecule has 146 valence electrons. The van der Waals surface area contributed by atoms with Gasteiger partial charge in [-0.3, -0.25) is 15.0 Å². The summed E-state index contributed by atoms with van der Waals surface area (Å²) in [7, 11) is 0. The standard InChI is InChI=1S/C18H22F2N4O3/c1-11(13-6-5-12(19)9-14(13)20)21-10-15(25)23-24-16(26)18(22-17(24)27)7-3-2-4-8-18/h5-6,9,11,21H,2-4,7-8,10H2,1H3,(H,22,27)(H,23,25)/t11-/m1/s1. The molecule has 2 aliphatic rings. The van der Waals surface area contributed by atoms with Crippen LogP contribution in [0.1, 0.15) is 50.6 Å². The molecule has 3 rings (SSSR count). The second-order valence-corrected chi connectivity index (χ2v) is 7.02. The van der Waals surface area contributed by atoms with E-state index in [4.69, 9.17) is 0 Å². The highest BCUT2D eigenvalue weighted by Gasteiger charge is 2.52. The summed E-state index contributed by atoms with van der Waals surface area (Å²) >= 11 is 0. The highest BCUT2D eigenvalue weighted by atomic mass is 19.1. The molecule has 1 aromatic rings. The van der Waals surface area contributed by atoms with Crippen LogP contribution in [0, 0.1) is 11.6 Å². The predicted octanol–water partition coefficient (Wildman–Crippen LogP) is 1.90. The molecule has 1 spiro atoms. The summed E-state index contributed by atoms with van der Waals surface area (Å²) in [4.78, 5) is 36.8. The molecule has 1 heterocycles. The Morgan fingerprint density at radius 3 is 2.63 bits per heavy atom. The van der Waals surface area contributed by atoms with E-state index in [0.717, 1.165) is 36.4 Å². The van der Waals surface area contributed by atoms with Crippen molar-refractivity contribution in [1.82, 2.24) is 21.1 Å². The van der Waals surface area contributed by atoms with Gasteiger partial charge in [0.2, 0.25) is 0 Å². The van der Waals surface area contributed by atoms with Crippen LogP contribution in [0.25, 0.3) is 0 Å². The number of halogens is 2. The monoisotopic (exact) mass is 380 g/mol. The summed E-state index contributed by atoms with van der Waals surface area (Å²) in [6.07, 6.45) is 3.82.